The molecule has 0 spiro atoms. The van der Waals surface area contributed by atoms with Gasteiger partial charge in [-0.3, -0.25) is 9.59 Å². The van der Waals surface area contributed by atoms with Crippen molar-refractivity contribution in [1.82, 2.24) is 16.0 Å². The zero-order valence-electron chi connectivity index (χ0n) is 13.6. The zero-order valence-corrected chi connectivity index (χ0v) is 15.2. The molecule has 2 amide bonds. The van der Waals surface area contributed by atoms with Crippen molar-refractivity contribution >= 4 is 27.7 Å². The Morgan fingerprint density at radius 1 is 1.35 bits per heavy atom. The summed E-state index contributed by atoms with van der Waals surface area (Å²) >= 11 is 3.40. The second kappa shape index (κ2) is 8.45. The third kappa shape index (κ3) is 5.95. The number of piperidine rings is 1. The zero-order chi connectivity index (χ0) is 16.8. The summed E-state index contributed by atoms with van der Waals surface area (Å²) in [6, 6.07) is 8.00. The number of rotatable bonds is 5. The Balaban J connectivity index is 1.97. The van der Waals surface area contributed by atoms with Gasteiger partial charge in [-0.2, -0.15) is 0 Å². The molecule has 3 N–H and O–H groups in total. The summed E-state index contributed by atoms with van der Waals surface area (Å²) in [5, 5.41) is 9.33. The Kier molecular flexibility index (Phi) is 6.59. The van der Waals surface area contributed by atoms with Crippen molar-refractivity contribution in [2.45, 2.75) is 51.2 Å². The highest BCUT2D eigenvalue weighted by Gasteiger charge is 2.22. The molecule has 1 aromatic carbocycles. The van der Waals surface area contributed by atoms with Crippen LogP contribution in [0.3, 0.4) is 0 Å². The van der Waals surface area contributed by atoms with E-state index in [1.54, 1.807) is 0 Å². The van der Waals surface area contributed by atoms with E-state index >= 15 is 0 Å². The normalized spacial score (nSPS) is 22.2. The summed E-state index contributed by atoms with van der Waals surface area (Å²) in [4.78, 5) is 23.8. The molecular weight excluding hydrogens is 358 g/mol. The molecule has 0 saturated carbocycles. The highest BCUT2D eigenvalue weighted by atomic mass is 79.9. The lowest BCUT2D eigenvalue weighted by atomic mass is 9.99. The van der Waals surface area contributed by atoms with E-state index in [0.717, 1.165) is 29.4 Å². The maximum absolute atomic E-state index is 12.4. The van der Waals surface area contributed by atoms with E-state index in [9.17, 15) is 9.59 Å². The lowest BCUT2D eigenvalue weighted by Gasteiger charge is -2.29. The van der Waals surface area contributed by atoms with Gasteiger partial charge in [0.05, 0.1) is 12.5 Å². The first-order valence-electron chi connectivity index (χ1n) is 7.99. The average Bonchev–Trinajstić information content (AvgIpc) is 2.46. The number of carbonyl (C=O) groups is 2. The van der Waals surface area contributed by atoms with Crippen LogP contribution in [0.5, 0.6) is 0 Å². The van der Waals surface area contributed by atoms with Crippen LogP contribution in [0.1, 0.15) is 44.7 Å². The fourth-order valence-corrected chi connectivity index (χ4v) is 3.19. The van der Waals surface area contributed by atoms with E-state index in [1.165, 1.54) is 6.92 Å². The van der Waals surface area contributed by atoms with Crippen LogP contribution < -0.4 is 16.0 Å². The quantitative estimate of drug-likeness (QED) is 0.732. The fourth-order valence-electron chi connectivity index (χ4n) is 2.93. The molecule has 5 nitrogen and oxygen atoms in total. The molecular formula is C17H24BrN3O2. The van der Waals surface area contributed by atoms with E-state index in [-0.39, 0.29) is 30.3 Å². The first-order chi connectivity index (χ1) is 10.9. The summed E-state index contributed by atoms with van der Waals surface area (Å²) in [5.74, 6) is -0.160. The average molecular weight is 382 g/mol. The van der Waals surface area contributed by atoms with Gasteiger partial charge < -0.3 is 16.0 Å². The predicted octanol–water partition coefficient (Wildman–Crippen LogP) is 2.27. The molecule has 1 heterocycles. The van der Waals surface area contributed by atoms with Crippen molar-refractivity contribution in [3.05, 3.63) is 34.3 Å². The van der Waals surface area contributed by atoms with Gasteiger partial charge in [0, 0.05) is 23.5 Å². The molecule has 1 aliphatic heterocycles. The standard InChI is InChI=1S/C17H24BrN3O2/c1-11-9-15(7-8-19-11)21-17(23)10-16(20-12(2)22)13-3-5-14(18)6-4-13/h3-6,11,15-16,19H,7-10H2,1-2H3,(H,20,22)(H,21,23). The van der Waals surface area contributed by atoms with Crippen LogP contribution in [-0.2, 0) is 9.59 Å². The predicted molar refractivity (Wildman–Crippen MR) is 93.9 cm³/mol. The molecule has 1 saturated heterocycles. The number of halogens is 1. The first-order valence-corrected chi connectivity index (χ1v) is 8.78. The largest absolute Gasteiger partial charge is 0.353 e. The van der Waals surface area contributed by atoms with Crippen LogP contribution in [-0.4, -0.2) is 30.4 Å². The molecule has 3 atom stereocenters. The molecule has 0 bridgehead atoms. The van der Waals surface area contributed by atoms with Gasteiger partial charge in [0.25, 0.3) is 0 Å². The summed E-state index contributed by atoms with van der Waals surface area (Å²) in [6.07, 6.45) is 2.13. The highest BCUT2D eigenvalue weighted by molar-refractivity contribution is 9.10. The van der Waals surface area contributed by atoms with Crippen molar-refractivity contribution < 1.29 is 9.59 Å². The van der Waals surface area contributed by atoms with Gasteiger partial charge in [-0.25, -0.2) is 0 Å². The molecule has 1 fully saturated rings. The summed E-state index contributed by atoms with van der Waals surface area (Å²) in [6.45, 7) is 4.52. The Bertz CT molecular complexity index is 547. The lowest BCUT2D eigenvalue weighted by Crippen LogP contribution is -2.47. The minimum Gasteiger partial charge on any atom is -0.353 e. The number of hydrogen-bond acceptors (Lipinski definition) is 3. The van der Waals surface area contributed by atoms with Crippen molar-refractivity contribution in [2.24, 2.45) is 0 Å². The minimum atomic E-state index is -0.306. The number of benzene rings is 1. The van der Waals surface area contributed by atoms with Crippen LogP contribution in [0.15, 0.2) is 28.7 Å². The second-order valence-electron chi connectivity index (χ2n) is 6.15. The third-order valence-corrected chi connectivity index (χ3v) is 4.56. The van der Waals surface area contributed by atoms with Gasteiger partial charge in [0.15, 0.2) is 0 Å². The fraction of sp³-hybridized carbons (Fsp3) is 0.529. The van der Waals surface area contributed by atoms with Gasteiger partial charge in [-0.05, 0) is 44.0 Å². The molecule has 6 heteroatoms. The van der Waals surface area contributed by atoms with E-state index < -0.39 is 0 Å². The molecule has 3 unspecified atom stereocenters. The van der Waals surface area contributed by atoms with Crippen LogP contribution in [0, 0.1) is 0 Å². The van der Waals surface area contributed by atoms with E-state index in [2.05, 4.69) is 38.8 Å². The van der Waals surface area contributed by atoms with Crippen molar-refractivity contribution in [3.8, 4) is 0 Å². The van der Waals surface area contributed by atoms with Crippen LogP contribution in [0.2, 0.25) is 0 Å². The van der Waals surface area contributed by atoms with Gasteiger partial charge in [0.2, 0.25) is 11.8 Å². The molecule has 2 rings (SSSR count). The molecule has 1 aromatic rings. The third-order valence-electron chi connectivity index (χ3n) is 4.03. The SMILES string of the molecule is CC(=O)NC(CC(=O)NC1CCNC(C)C1)c1ccc(Br)cc1. The van der Waals surface area contributed by atoms with Gasteiger partial charge >= 0.3 is 0 Å². The first kappa shape index (κ1) is 17.9. The van der Waals surface area contributed by atoms with Gasteiger partial charge in [-0.1, -0.05) is 28.1 Å². The Hall–Kier alpha value is -1.40. The Labute approximate surface area is 145 Å². The second-order valence-corrected chi connectivity index (χ2v) is 7.07. The number of carbonyl (C=O) groups excluding carboxylic acids is 2. The topological polar surface area (TPSA) is 70.2 Å². The van der Waals surface area contributed by atoms with E-state index in [1.807, 2.05) is 24.3 Å². The van der Waals surface area contributed by atoms with E-state index in [4.69, 9.17) is 0 Å². The molecule has 0 aromatic heterocycles. The molecule has 1 aliphatic rings. The van der Waals surface area contributed by atoms with Crippen molar-refractivity contribution in [2.75, 3.05) is 6.54 Å². The molecule has 0 radical (unpaired) electrons. The number of nitrogens with one attached hydrogen (secondary N) is 3. The Morgan fingerprint density at radius 3 is 2.65 bits per heavy atom. The molecule has 23 heavy (non-hydrogen) atoms. The van der Waals surface area contributed by atoms with Gasteiger partial charge in [-0.15, -0.1) is 0 Å². The van der Waals surface area contributed by atoms with Crippen molar-refractivity contribution in [3.63, 3.8) is 0 Å². The van der Waals surface area contributed by atoms with Crippen LogP contribution >= 0.6 is 15.9 Å². The molecule has 126 valence electrons. The number of hydrogen-bond donors (Lipinski definition) is 3. The smallest absolute Gasteiger partial charge is 0.222 e. The van der Waals surface area contributed by atoms with E-state index in [0.29, 0.717) is 6.04 Å². The summed E-state index contributed by atoms with van der Waals surface area (Å²) < 4.78 is 0.968. The summed E-state index contributed by atoms with van der Waals surface area (Å²) in [7, 11) is 0. The lowest BCUT2D eigenvalue weighted by molar-refractivity contribution is -0.123. The maximum atomic E-state index is 12.4. The van der Waals surface area contributed by atoms with Crippen LogP contribution in [0.25, 0.3) is 0 Å². The number of amides is 2. The highest BCUT2D eigenvalue weighted by Crippen LogP contribution is 2.20. The Morgan fingerprint density at radius 2 is 2.04 bits per heavy atom. The molecule has 0 aliphatic carbocycles. The van der Waals surface area contributed by atoms with Crippen molar-refractivity contribution in [1.29, 1.82) is 0 Å². The van der Waals surface area contributed by atoms with Crippen LogP contribution in [0.4, 0.5) is 0 Å². The minimum absolute atomic E-state index is 0.0224. The summed E-state index contributed by atoms with van der Waals surface area (Å²) in [5.41, 5.74) is 0.928. The van der Waals surface area contributed by atoms with Gasteiger partial charge in [0.1, 0.15) is 0 Å². The maximum Gasteiger partial charge on any atom is 0.222 e. The monoisotopic (exact) mass is 381 g/mol.